The van der Waals surface area contributed by atoms with Gasteiger partial charge in [0.1, 0.15) is 0 Å². The van der Waals surface area contributed by atoms with Gasteiger partial charge in [0.25, 0.3) is 0 Å². The molecule has 2 aromatic heterocycles. The van der Waals surface area contributed by atoms with Crippen molar-refractivity contribution in [3.05, 3.63) is 23.7 Å². The van der Waals surface area contributed by atoms with Crippen LogP contribution in [0.5, 0.6) is 0 Å². The lowest BCUT2D eigenvalue weighted by molar-refractivity contribution is 0.520. The first kappa shape index (κ1) is 14.7. The van der Waals surface area contributed by atoms with Gasteiger partial charge in [-0.1, -0.05) is 5.21 Å². The maximum Gasteiger partial charge on any atom is 0.213 e. The third kappa shape index (κ3) is 3.05. The van der Waals surface area contributed by atoms with Crippen molar-refractivity contribution in [1.29, 1.82) is 0 Å². The molecule has 2 rings (SSSR count). The summed E-state index contributed by atoms with van der Waals surface area (Å²) in [6, 6.07) is 1.88. The highest BCUT2D eigenvalue weighted by molar-refractivity contribution is 7.89. The Morgan fingerprint density at radius 2 is 2.05 bits per heavy atom. The molecule has 0 saturated carbocycles. The van der Waals surface area contributed by atoms with E-state index in [-0.39, 0.29) is 5.75 Å². The second-order valence-electron chi connectivity index (χ2n) is 4.77. The van der Waals surface area contributed by atoms with Gasteiger partial charge in [-0.25, -0.2) is 17.4 Å². The van der Waals surface area contributed by atoms with Crippen LogP contribution in [0.3, 0.4) is 0 Å². The summed E-state index contributed by atoms with van der Waals surface area (Å²) in [4.78, 5) is 0. The Balaban J connectivity index is 2.12. The molecular weight excluding hydrogens is 280 g/mol. The maximum atomic E-state index is 11.7. The number of nitrogens with zero attached hydrogens (tertiary/aromatic N) is 6. The molecule has 2 heterocycles. The number of hydrogen-bond donors (Lipinski definition) is 0. The molecule has 0 bridgehead atoms. The molecule has 0 aliphatic heterocycles. The average molecular weight is 298 g/mol. The van der Waals surface area contributed by atoms with Crippen LogP contribution in [0, 0.1) is 6.92 Å². The molecule has 0 N–H and O–H groups in total. The Morgan fingerprint density at radius 1 is 1.35 bits per heavy atom. The largest absolute Gasteiger partial charge is 0.251 e. The number of rotatable bonds is 5. The van der Waals surface area contributed by atoms with Gasteiger partial charge in [-0.15, -0.1) is 5.10 Å². The van der Waals surface area contributed by atoms with Gasteiger partial charge in [-0.3, -0.25) is 4.68 Å². The molecule has 0 spiro atoms. The number of aryl methyl sites for hydroxylation is 3. The number of hydrogen-bond acceptors (Lipinski definition) is 5. The van der Waals surface area contributed by atoms with Gasteiger partial charge < -0.3 is 0 Å². The monoisotopic (exact) mass is 298 g/mol. The van der Waals surface area contributed by atoms with Gasteiger partial charge in [-0.05, 0) is 6.92 Å². The van der Waals surface area contributed by atoms with Crippen molar-refractivity contribution in [2.75, 3.05) is 19.8 Å². The lowest BCUT2D eigenvalue weighted by Crippen LogP contribution is -2.26. The molecule has 9 heteroatoms. The lowest BCUT2D eigenvalue weighted by Gasteiger charge is -2.09. The van der Waals surface area contributed by atoms with E-state index >= 15 is 0 Å². The molecule has 0 radical (unpaired) electrons. The van der Waals surface area contributed by atoms with Gasteiger partial charge in [0.2, 0.25) is 10.0 Å². The molecule has 20 heavy (non-hydrogen) atoms. The van der Waals surface area contributed by atoms with Crippen molar-refractivity contribution in [1.82, 2.24) is 29.1 Å². The van der Waals surface area contributed by atoms with Crippen LogP contribution in [0.1, 0.15) is 11.4 Å². The predicted octanol–water partition coefficient (Wildman–Crippen LogP) is -0.257. The first-order valence-electron chi connectivity index (χ1n) is 6.12. The van der Waals surface area contributed by atoms with E-state index in [9.17, 15) is 8.42 Å². The Kier molecular flexibility index (Phi) is 3.91. The summed E-state index contributed by atoms with van der Waals surface area (Å²) >= 11 is 0. The summed E-state index contributed by atoms with van der Waals surface area (Å²) in [6.07, 6.45) is 2.05. The minimum Gasteiger partial charge on any atom is -0.251 e. The zero-order valence-electron chi connectivity index (χ0n) is 12.0. The van der Waals surface area contributed by atoms with E-state index in [1.165, 1.54) is 18.4 Å². The van der Waals surface area contributed by atoms with Crippen molar-refractivity contribution >= 4 is 10.0 Å². The van der Waals surface area contributed by atoms with E-state index in [2.05, 4.69) is 15.4 Å². The summed E-state index contributed by atoms with van der Waals surface area (Å²) < 4.78 is 27.9. The first-order valence-corrected chi connectivity index (χ1v) is 7.73. The smallest absolute Gasteiger partial charge is 0.213 e. The van der Waals surface area contributed by atoms with E-state index in [0.717, 1.165) is 11.5 Å². The van der Waals surface area contributed by atoms with Crippen LogP contribution in [0.2, 0.25) is 0 Å². The molecule has 2 aromatic rings. The molecule has 0 fully saturated rings. The van der Waals surface area contributed by atoms with Crippen molar-refractivity contribution in [2.24, 2.45) is 7.05 Å². The van der Waals surface area contributed by atoms with E-state index in [0.29, 0.717) is 12.1 Å². The van der Waals surface area contributed by atoms with Crippen molar-refractivity contribution in [3.63, 3.8) is 0 Å². The quantitative estimate of drug-likeness (QED) is 0.759. The zero-order valence-corrected chi connectivity index (χ0v) is 12.8. The molecule has 0 amide bonds. The number of sulfonamides is 1. The van der Waals surface area contributed by atoms with Crippen LogP contribution < -0.4 is 0 Å². The third-order valence-electron chi connectivity index (χ3n) is 2.93. The first-order chi connectivity index (χ1) is 9.29. The van der Waals surface area contributed by atoms with Gasteiger partial charge >= 0.3 is 0 Å². The normalized spacial score (nSPS) is 12.2. The van der Waals surface area contributed by atoms with Gasteiger partial charge in [0.15, 0.2) is 5.82 Å². The molecule has 8 nitrogen and oxygen atoms in total. The molecule has 0 aromatic carbocycles. The Morgan fingerprint density at radius 3 is 2.60 bits per heavy atom. The molecule has 0 saturated heterocycles. The van der Waals surface area contributed by atoms with Crippen LogP contribution in [0.15, 0.2) is 12.3 Å². The third-order valence-corrected chi connectivity index (χ3v) is 4.76. The Labute approximate surface area is 118 Å². The van der Waals surface area contributed by atoms with E-state index in [1.54, 1.807) is 15.6 Å². The van der Waals surface area contributed by atoms with Gasteiger partial charge in [0, 0.05) is 33.6 Å². The van der Waals surface area contributed by atoms with Crippen LogP contribution in [0.4, 0.5) is 0 Å². The van der Waals surface area contributed by atoms with E-state index in [1.807, 2.05) is 20.0 Å². The average Bonchev–Trinajstić information content (AvgIpc) is 2.93. The van der Waals surface area contributed by atoms with Gasteiger partial charge in [-0.2, -0.15) is 5.10 Å². The SMILES string of the molecule is Cc1cc(-n2cc(CCS(=O)(=O)N(C)C)nn2)n(C)n1. The molecule has 0 unspecified atom stereocenters. The second kappa shape index (κ2) is 5.33. The minimum absolute atomic E-state index is 0.0170. The zero-order chi connectivity index (χ0) is 14.9. The van der Waals surface area contributed by atoms with E-state index < -0.39 is 10.0 Å². The fourth-order valence-corrected chi connectivity index (χ4v) is 2.58. The van der Waals surface area contributed by atoms with Gasteiger partial charge in [0.05, 0.1) is 23.3 Å². The second-order valence-corrected chi connectivity index (χ2v) is 7.07. The van der Waals surface area contributed by atoms with Crippen LogP contribution in [-0.4, -0.2) is 57.3 Å². The van der Waals surface area contributed by atoms with Crippen LogP contribution in [-0.2, 0) is 23.5 Å². The molecule has 0 aliphatic carbocycles. The topological polar surface area (TPSA) is 85.9 Å². The fraction of sp³-hybridized carbons (Fsp3) is 0.545. The molecule has 0 atom stereocenters. The summed E-state index contributed by atoms with van der Waals surface area (Å²) in [6.45, 7) is 1.89. The van der Waals surface area contributed by atoms with Crippen LogP contribution >= 0.6 is 0 Å². The summed E-state index contributed by atoms with van der Waals surface area (Å²) in [5, 5.41) is 12.2. The molecular formula is C11H18N6O2S. The fourth-order valence-electron chi connectivity index (χ4n) is 1.75. The van der Waals surface area contributed by atoms with Crippen LogP contribution in [0.25, 0.3) is 5.82 Å². The summed E-state index contributed by atoms with van der Waals surface area (Å²) in [5.41, 5.74) is 1.52. The highest BCUT2D eigenvalue weighted by Gasteiger charge is 2.15. The van der Waals surface area contributed by atoms with Crippen molar-refractivity contribution < 1.29 is 8.42 Å². The standard InChI is InChI=1S/C11H18N6O2S/c1-9-7-11(16(4)13-9)17-8-10(12-14-17)5-6-20(18,19)15(2)3/h7-8H,5-6H2,1-4H3. The van der Waals surface area contributed by atoms with Crippen molar-refractivity contribution in [2.45, 2.75) is 13.3 Å². The number of aromatic nitrogens is 5. The lowest BCUT2D eigenvalue weighted by atomic mass is 10.4. The minimum atomic E-state index is -3.22. The molecule has 110 valence electrons. The highest BCUT2D eigenvalue weighted by Crippen LogP contribution is 2.09. The Hall–Kier alpha value is -1.74. The van der Waals surface area contributed by atoms with Crippen molar-refractivity contribution in [3.8, 4) is 5.82 Å². The Bertz CT molecular complexity index is 700. The maximum absolute atomic E-state index is 11.7. The summed E-state index contributed by atoms with van der Waals surface area (Å²) in [7, 11) is 1.64. The predicted molar refractivity (Wildman–Crippen MR) is 74.0 cm³/mol. The molecule has 0 aliphatic rings. The summed E-state index contributed by atoms with van der Waals surface area (Å²) in [5.74, 6) is 0.806. The highest BCUT2D eigenvalue weighted by atomic mass is 32.2. The van der Waals surface area contributed by atoms with E-state index in [4.69, 9.17) is 0 Å².